The van der Waals surface area contributed by atoms with Crippen LogP contribution in [0.3, 0.4) is 0 Å². The summed E-state index contributed by atoms with van der Waals surface area (Å²) in [6.45, 7) is 4.62. The Morgan fingerprint density at radius 2 is 1.73 bits per heavy atom. The minimum absolute atomic E-state index is 0.0396. The van der Waals surface area contributed by atoms with E-state index in [1.54, 1.807) is 36.4 Å². The van der Waals surface area contributed by atoms with Crippen LogP contribution in [0, 0.1) is 0 Å². The van der Waals surface area contributed by atoms with Crippen LogP contribution in [0.15, 0.2) is 58.6 Å². The molecule has 0 aliphatic carbocycles. The lowest BCUT2D eigenvalue weighted by Gasteiger charge is -2.25. The summed E-state index contributed by atoms with van der Waals surface area (Å²) in [7, 11) is 0. The van der Waals surface area contributed by atoms with Gasteiger partial charge in [-0.05, 0) is 50.1 Å². The molecular weight excluding hydrogens is 450 g/mol. The Balaban J connectivity index is 2.01. The van der Waals surface area contributed by atoms with Gasteiger partial charge in [0.25, 0.3) is 11.7 Å². The van der Waals surface area contributed by atoms with Crippen molar-refractivity contribution in [2.75, 3.05) is 13.2 Å². The number of carbonyl (C=O) groups excluding carboxylic acids is 2. The maximum atomic E-state index is 12.9. The van der Waals surface area contributed by atoms with E-state index in [2.05, 4.69) is 15.9 Å². The summed E-state index contributed by atoms with van der Waals surface area (Å²) < 4.78 is 6.39. The maximum Gasteiger partial charge on any atom is 0.295 e. The Morgan fingerprint density at radius 1 is 1.10 bits per heavy atom. The van der Waals surface area contributed by atoms with Crippen LogP contribution in [0.2, 0.25) is 0 Å². The highest BCUT2D eigenvalue weighted by Gasteiger charge is 2.45. The number of rotatable bonds is 7. The molecule has 7 heteroatoms. The number of benzene rings is 2. The maximum absolute atomic E-state index is 12.9. The van der Waals surface area contributed by atoms with Gasteiger partial charge in [-0.15, -0.1) is 0 Å². The number of phenolic OH excluding ortho intramolecular Hbond substituents is 1. The fraction of sp³-hybridized carbons (Fsp3) is 0.304. The first kappa shape index (κ1) is 22.1. The second kappa shape index (κ2) is 9.45. The number of amides is 1. The van der Waals surface area contributed by atoms with Gasteiger partial charge < -0.3 is 19.8 Å². The second-order valence-electron chi connectivity index (χ2n) is 7.36. The van der Waals surface area contributed by atoms with E-state index in [1.807, 2.05) is 13.8 Å². The Bertz CT molecular complexity index is 951. The molecule has 1 fully saturated rings. The van der Waals surface area contributed by atoms with Gasteiger partial charge in [0.05, 0.1) is 17.7 Å². The van der Waals surface area contributed by atoms with Crippen molar-refractivity contribution >= 4 is 33.4 Å². The SMILES string of the molecule is CC(C)OCCCN1C(=O)C(=O)C(=C(O)c2ccc(Br)cc2)[C@H]1c1ccc(O)cc1. The quantitative estimate of drug-likeness (QED) is 0.269. The highest BCUT2D eigenvalue weighted by Crippen LogP contribution is 2.39. The third-order valence-electron chi connectivity index (χ3n) is 4.86. The zero-order valence-electron chi connectivity index (χ0n) is 16.8. The first-order valence-electron chi connectivity index (χ1n) is 9.74. The predicted molar refractivity (Wildman–Crippen MR) is 117 cm³/mol. The lowest BCUT2D eigenvalue weighted by Crippen LogP contribution is -2.31. The molecular formula is C23H24BrNO5. The average Bonchev–Trinajstić information content (AvgIpc) is 2.96. The van der Waals surface area contributed by atoms with E-state index < -0.39 is 17.7 Å². The van der Waals surface area contributed by atoms with Crippen molar-refractivity contribution in [3.8, 4) is 5.75 Å². The number of halogens is 1. The van der Waals surface area contributed by atoms with Crippen molar-refractivity contribution in [2.45, 2.75) is 32.4 Å². The normalized spacial score (nSPS) is 18.4. The molecule has 1 aliphatic heterocycles. The zero-order valence-corrected chi connectivity index (χ0v) is 18.4. The summed E-state index contributed by atoms with van der Waals surface area (Å²) in [5.74, 6) is -1.52. The van der Waals surface area contributed by atoms with Crippen LogP contribution < -0.4 is 0 Å². The van der Waals surface area contributed by atoms with E-state index in [9.17, 15) is 19.8 Å². The molecule has 0 bridgehead atoms. The number of ether oxygens (including phenoxy) is 1. The Labute approximate surface area is 183 Å². The lowest BCUT2D eigenvalue weighted by molar-refractivity contribution is -0.140. The summed E-state index contributed by atoms with van der Waals surface area (Å²) in [6, 6.07) is 12.4. The van der Waals surface area contributed by atoms with Crippen LogP contribution in [0.1, 0.15) is 37.4 Å². The Morgan fingerprint density at radius 3 is 2.33 bits per heavy atom. The molecule has 0 aromatic heterocycles. The predicted octanol–water partition coefficient (Wildman–Crippen LogP) is 4.39. The topological polar surface area (TPSA) is 87.1 Å². The molecule has 2 N–H and O–H groups in total. The van der Waals surface area contributed by atoms with Crippen molar-refractivity contribution < 1.29 is 24.5 Å². The van der Waals surface area contributed by atoms with Gasteiger partial charge in [0.15, 0.2) is 0 Å². The van der Waals surface area contributed by atoms with E-state index in [4.69, 9.17) is 4.74 Å². The third kappa shape index (κ3) is 4.74. The number of hydrogen-bond acceptors (Lipinski definition) is 5. The smallest absolute Gasteiger partial charge is 0.295 e. The molecule has 2 aromatic rings. The van der Waals surface area contributed by atoms with Crippen molar-refractivity contribution in [1.29, 1.82) is 0 Å². The Hall–Kier alpha value is -2.64. The first-order valence-corrected chi connectivity index (χ1v) is 10.5. The number of aromatic hydroxyl groups is 1. The van der Waals surface area contributed by atoms with Crippen LogP contribution in [-0.2, 0) is 14.3 Å². The van der Waals surface area contributed by atoms with Crippen LogP contribution in [-0.4, -0.2) is 46.1 Å². The van der Waals surface area contributed by atoms with Crippen LogP contribution in [0.25, 0.3) is 5.76 Å². The number of Topliss-reactive ketones (excluding diaryl/α,β-unsaturated/α-hetero) is 1. The molecule has 0 spiro atoms. The van der Waals surface area contributed by atoms with Crippen LogP contribution in [0.4, 0.5) is 0 Å². The van der Waals surface area contributed by atoms with Crippen molar-refractivity contribution in [2.24, 2.45) is 0 Å². The molecule has 2 aromatic carbocycles. The van der Waals surface area contributed by atoms with Gasteiger partial charge in [-0.2, -0.15) is 0 Å². The van der Waals surface area contributed by atoms with Gasteiger partial charge in [0.1, 0.15) is 11.5 Å². The molecule has 0 radical (unpaired) electrons. The van der Waals surface area contributed by atoms with Gasteiger partial charge in [0, 0.05) is 23.2 Å². The summed E-state index contributed by atoms with van der Waals surface area (Å²) in [5.41, 5.74) is 1.12. The first-order chi connectivity index (χ1) is 14.3. The van der Waals surface area contributed by atoms with E-state index in [1.165, 1.54) is 17.0 Å². The van der Waals surface area contributed by atoms with E-state index in [-0.39, 0.29) is 23.2 Å². The molecule has 30 heavy (non-hydrogen) atoms. The number of hydrogen-bond donors (Lipinski definition) is 2. The Kier molecular flexibility index (Phi) is 6.95. The number of aliphatic hydroxyl groups is 1. The minimum atomic E-state index is -0.742. The molecule has 0 saturated carbocycles. The minimum Gasteiger partial charge on any atom is -0.508 e. The third-order valence-corrected chi connectivity index (χ3v) is 5.39. The van der Waals surface area contributed by atoms with Crippen molar-refractivity contribution in [3.63, 3.8) is 0 Å². The van der Waals surface area contributed by atoms with Gasteiger partial charge in [-0.25, -0.2) is 0 Å². The fourth-order valence-corrected chi connectivity index (χ4v) is 3.70. The molecule has 3 rings (SSSR count). The monoisotopic (exact) mass is 473 g/mol. The van der Waals surface area contributed by atoms with Crippen LogP contribution >= 0.6 is 15.9 Å². The van der Waals surface area contributed by atoms with Crippen molar-refractivity contribution in [1.82, 2.24) is 4.90 Å². The van der Waals surface area contributed by atoms with Gasteiger partial charge in [0.2, 0.25) is 0 Å². The number of ketones is 1. The van der Waals surface area contributed by atoms with Crippen LogP contribution in [0.5, 0.6) is 5.75 Å². The largest absolute Gasteiger partial charge is 0.508 e. The molecule has 1 atom stereocenters. The van der Waals surface area contributed by atoms with Gasteiger partial charge in [-0.1, -0.05) is 40.2 Å². The van der Waals surface area contributed by atoms with Gasteiger partial charge >= 0.3 is 0 Å². The molecule has 1 aliphatic rings. The number of aliphatic hydroxyl groups excluding tert-OH is 1. The standard InChI is InChI=1S/C23H24BrNO5/c1-14(2)30-13-3-12-25-20(15-6-10-18(26)11-7-15)19(22(28)23(25)29)21(27)16-4-8-17(24)9-5-16/h4-11,14,20,26-27H,3,12-13H2,1-2H3/t20-/m1/s1. The fourth-order valence-electron chi connectivity index (χ4n) is 3.43. The number of phenols is 1. The van der Waals surface area contributed by atoms with Gasteiger partial charge in [-0.3, -0.25) is 9.59 Å². The van der Waals surface area contributed by atoms with E-state index in [0.29, 0.717) is 30.7 Å². The summed E-state index contributed by atoms with van der Waals surface area (Å²) >= 11 is 3.35. The number of carbonyl (C=O) groups is 2. The molecule has 1 saturated heterocycles. The highest BCUT2D eigenvalue weighted by atomic mass is 79.9. The number of nitrogens with zero attached hydrogens (tertiary/aromatic N) is 1. The molecule has 158 valence electrons. The van der Waals surface area contributed by atoms with E-state index in [0.717, 1.165) is 4.47 Å². The summed E-state index contributed by atoms with van der Waals surface area (Å²) in [5, 5.41) is 20.6. The van der Waals surface area contributed by atoms with Crippen molar-refractivity contribution in [3.05, 3.63) is 69.7 Å². The highest BCUT2D eigenvalue weighted by molar-refractivity contribution is 9.10. The average molecular weight is 474 g/mol. The second-order valence-corrected chi connectivity index (χ2v) is 8.28. The zero-order chi connectivity index (χ0) is 21.8. The van der Waals surface area contributed by atoms with E-state index >= 15 is 0 Å². The number of likely N-dealkylation sites (tertiary alicyclic amines) is 1. The lowest BCUT2D eigenvalue weighted by atomic mass is 9.95. The summed E-state index contributed by atoms with van der Waals surface area (Å²) in [4.78, 5) is 27.2. The molecule has 6 nitrogen and oxygen atoms in total. The molecule has 1 heterocycles. The molecule has 0 unspecified atom stereocenters. The molecule has 1 amide bonds. The summed E-state index contributed by atoms with van der Waals surface area (Å²) in [6.07, 6.45) is 0.628.